The van der Waals surface area contributed by atoms with Gasteiger partial charge in [-0.3, -0.25) is 14.5 Å². The summed E-state index contributed by atoms with van der Waals surface area (Å²) in [5, 5.41) is 0. The van der Waals surface area contributed by atoms with E-state index < -0.39 is 5.41 Å². The summed E-state index contributed by atoms with van der Waals surface area (Å²) in [5.74, 6) is 0.630. The summed E-state index contributed by atoms with van der Waals surface area (Å²) in [5.41, 5.74) is 0.226. The van der Waals surface area contributed by atoms with Crippen molar-refractivity contribution in [3.05, 3.63) is 42.0 Å². The van der Waals surface area contributed by atoms with Crippen LogP contribution in [0.5, 0.6) is 0 Å². The van der Waals surface area contributed by atoms with E-state index in [1.165, 1.54) is 5.56 Å². The van der Waals surface area contributed by atoms with Crippen LogP contribution >= 0.6 is 0 Å². The molecule has 0 bridgehead atoms. The smallest absolute Gasteiger partial charge is 0.237 e. The summed E-state index contributed by atoms with van der Waals surface area (Å²) < 4.78 is 0. The molecule has 5 nitrogen and oxygen atoms in total. The van der Waals surface area contributed by atoms with Crippen LogP contribution in [0, 0.1) is 11.3 Å². The van der Waals surface area contributed by atoms with Gasteiger partial charge in [0.05, 0.1) is 0 Å². The summed E-state index contributed by atoms with van der Waals surface area (Å²) in [6.07, 6.45) is 6.38. The third-order valence-electron chi connectivity index (χ3n) is 6.27. The van der Waals surface area contributed by atoms with Gasteiger partial charge < -0.3 is 9.80 Å². The second-order valence-corrected chi connectivity index (χ2v) is 9.01. The van der Waals surface area contributed by atoms with E-state index in [0.29, 0.717) is 19.0 Å². The first kappa shape index (κ1) is 21.6. The molecule has 2 amide bonds. The maximum atomic E-state index is 13.1. The van der Waals surface area contributed by atoms with Crippen molar-refractivity contribution >= 4 is 17.9 Å². The van der Waals surface area contributed by atoms with Crippen molar-refractivity contribution in [3.8, 4) is 0 Å². The Balaban J connectivity index is 1.48. The predicted octanol–water partition coefficient (Wildman–Crippen LogP) is 3.13. The first-order valence-corrected chi connectivity index (χ1v) is 10.9. The first-order chi connectivity index (χ1) is 13.9. The summed E-state index contributed by atoms with van der Waals surface area (Å²) in [6, 6.07) is 10.3. The van der Waals surface area contributed by atoms with E-state index >= 15 is 0 Å². The fraction of sp³-hybridized carbons (Fsp3) is 0.583. The van der Waals surface area contributed by atoms with Gasteiger partial charge in [0.15, 0.2) is 0 Å². The number of piperidine rings is 1. The minimum absolute atomic E-state index is 0.0115. The summed E-state index contributed by atoms with van der Waals surface area (Å²) in [4.78, 5) is 32.2. The molecule has 2 saturated heterocycles. The highest BCUT2D eigenvalue weighted by molar-refractivity contribution is 6.04. The Hall–Kier alpha value is -2.14. The van der Waals surface area contributed by atoms with Gasteiger partial charge in [-0.05, 0) is 38.2 Å². The fourth-order valence-corrected chi connectivity index (χ4v) is 4.13. The molecule has 0 atom stereocenters. The number of hydrogen-bond donors (Lipinski definition) is 0. The zero-order valence-corrected chi connectivity index (χ0v) is 18.1. The summed E-state index contributed by atoms with van der Waals surface area (Å²) >= 11 is 0. The molecule has 2 heterocycles. The van der Waals surface area contributed by atoms with E-state index in [9.17, 15) is 9.59 Å². The van der Waals surface area contributed by atoms with Crippen LogP contribution in [0.2, 0.25) is 0 Å². The molecule has 5 heteroatoms. The van der Waals surface area contributed by atoms with Gasteiger partial charge in [0.2, 0.25) is 11.8 Å². The van der Waals surface area contributed by atoms with Crippen molar-refractivity contribution in [2.24, 2.45) is 11.3 Å². The average molecular weight is 398 g/mol. The van der Waals surface area contributed by atoms with Crippen LogP contribution in [0.4, 0.5) is 0 Å². The SMILES string of the molecule is CC1CCN(C(=O)C(C)(C)C(=O)N2CCN(C/C=C/c3ccccc3)CC2)CC1. The number of likely N-dealkylation sites (tertiary alicyclic amines) is 1. The molecule has 2 aliphatic heterocycles. The largest absolute Gasteiger partial charge is 0.342 e. The highest BCUT2D eigenvalue weighted by Gasteiger charge is 2.42. The van der Waals surface area contributed by atoms with Gasteiger partial charge in [-0.1, -0.05) is 49.4 Å². The van der Waals surface area contributed by atoms with Crippen molar-refractivity contribution in [2.75, 3.05) is 45.8 Å². The molecule has 0 saturated carbocycles. The Morgan fingerprint density at radius 1 is 0.931 bits per heavy atom. The molecular formula is C24H35N3O2. The maximum absolute atomic E-state index is 13.1. The lowest BCUT2D eigenvalue weighted by molar-refractivity contribution is -0.155. The Labute approximate surface area is 175 Å². The van der Waals surface area contributed by atoms with Crippen molar-refractivity contribution in [1.82, 2.24) is 14.7 Å². The fourth-order valence-electron chi connectivity index (χ4n) is 4.13. The number of nitrogens with zero attached hydrogens (tertiary/aromatic N) is 3. The predicted molar refractivity (Wildman–Crippen MR) is 117 cm³/mol. The molecule has 0 spiro atoms. The standard InChI is InChI=1S/C24H35N3O2/c1-20-11-14-26(15-12-20)22(28)24(2,3)23(29)27-18-16-25(17-19-27)13-7-10-21-8-5-4-6-9-21/h4-10,20H,11-19H2,1-3H3/b10-7+. The summed E-state index contributed by atoms with van der Waals surface area (Å²) in [6.45, 7) is 11.3. The number of carbonyl (C=O) groups excluding carboxylic acids is 2. The van der Waals surface area contributed by atoms with Crippen LogP contribution < -0.4 is 0 Å². The normalized spacial score (nSPS) is 19.7. The number of rotatable bonds is 5. The van der Waals surface area contributed by atoms with Gasteiger partial charge in [0, 0.05) is 45.8 Å². The van der Waals surface area contributed by atoms with Gasteiger partial charge in [-0.25, -0.2) is 0 Å². The van der Waals surface area contributed by atoms with Gasteiger partial charge in [0.1, 0.15) is 5.41 Å². The lowest BCUT2D eigenvalue weighted by atomic mass is 9.87. The molecule has 0 N–H and O–H groups in total. The molecular weight excluding hydrogens is 362 g/mol. The highest BCUT2D eigenvalue weighted by atomic mass is 16.2. The van der Waals surface area contributed by atoms with E-state index in [0.717, 1.165) is 45.6 Å². The lowest BCUT2D eigenvalue weighted by Crippen LogP contribution is -2.56. The minimum Gasteiger partial charge on any atom is -0.342 e. The van der Waals surface area contributed by atoms with Crippen LogP contribution in [0.1, 0.15) is 39.2 Å². The Kier molecular flexibility index (Phi) is 7.12. The third kappa shape index (κ3) is 5.47. The van der Waals surface area contributed by atoms with Crippen LogP contribution in [-0.4, -0.2) is 72.3 Å². The van der Waals surface area contributed by atoms with E-state index in [-0.39, 0.29) is 11.8 Å². The van der Waals surface area contributed by atoms with Gasteiger partial charge in [-0.2, -0.15) is 0 Å². The van der Waals surface area contributed by atoms with Crippen LogP contribution in [0.15, 0.2) is 36.4 Å². The quantitative estimate of drug-likeness (QED) is 0.717. The number of carbonyl (C=O) groups is 2. The van der Waals surface area contributed by atoms with E-state index in [1.54, 1.807) is 13.8 Å². The molecule has 0 radical (unpaired) electrons. The second-order valence-electron chi connectivity index (χ2n) is 9.01. The minimum atomic E-state index is -0.976. The van der Waals surface area contributed by atoms with Gasteiger partial charge in [0.25, 0.3) is 0 Å². The van der Waals surface area contributed by atoms with Crippen molar-refractivity contribution in [1.29, 1.82) is 0 Å². The first-order valence-electron chi connectivity index (χ1n) is 10.9. The molecule has 1 aromatic carbocycles. The van der Waals surface area contributed by atoms with E-state index in [4.69, 9.17) is 0 Å². The van der Waals surface area contributed by atoms with Gasteiger partial charge >= 0.3 is 0 Å². The Morgan fingerprint density at radius 3 is 2.07 bits per heavy atom. The topological polar surface area (TPSA) is 43.9 Å². The number of piperazine rings is 1. The van der Waals surface area contributed by atoms with Gasteiger partial charge in [-0.15, -0.1) is 0 Å². The highest BCUT2D eigenvalue weighted by Crippen LogP contribution is 2.26. The molecule has 0 unspecified atom stereocenters. The lowest BCUT2D eigenvalue weighted by Gasteiger charge is -2.40. The molecule has 29 heavy (non-hydrogen) atoms. The Bertz CT molecular complexity index is 713. The molecule has 158 valence electrons. The maximum Gasteiger partial charge on any atom is 0.237 e. The number of amides is 2. The Morgan fingerprint density at radius 2 is 1.48 bits per heavy atom. The van der Waals surface area contributed by atoms with Crippen LogP contribution in [0.25, 0.3) is 6.08 Å². The van der Waals surface area contributed by atoms with E-state index in [2.05, 4.69) is 36.1 Å². The van der Waals surface area contributed by atoms with Crippen LogP contribution in [-0.2, 0) is 9.59 Å². The third-order valence-corrected chi connectivity index (χ3v) is 6.27. The van der Waals surface area contributed by atoms with E-state index in [1.807, 2.05) is 28.0 Å². The monoisotopic (exact) mass is 397 g/mol. The summed E-state index contributed by atoms with van der Waals surface area (Å²) in [7, 11) is 0. The van der Waals surface area contributed by atoms with Crippen molar-refractivity contribution in [3.63, 3.8) is 0 Å². The van der Waals surface area contributed by atoms with Crippen molar-refractivity contribution < 1.29 is 9.59 Å². The average Bonchev–Trinajstić information content (AvgIpc) is 2.74. The zero-order chi connectivity index (χ0) is 20.9. The number of hydrogen-bond acceptors (Lipinski definition) is 3. The van der Waals surface area contributed by atoms with Crippen molar-refractivity contribution in [2.45, 2.75) is 33.6 Å². The molecule has 1 aromatic rings. The zero-order valence-electron chi connectivity index (χ0n) is 18.1. The molecule has 2 fully saturated rings. The number of benzene rings is 1. The molecule has 3 rings (SSSR count). The van der Waals surface area contributed by atoms with Crippen LogP contribution in [0.3, 0.4) is 0 Å². The second kappa shape index (κ2) is 9.57. The molecule has 2 aliphatic rings. The molecule has 0 aliphatic carbocycles. The molecule has 0 aromatic heterocycles.